The Balaban J connectivity index is 3.03. The van der Waals surface area contributed by atoms with E-state index in [2.05, 4.69) is 5.32 Å². The average molecular weight is 267 g/mol. The van der Waals surface area contributed by atoms with Gasteiger partial charge in [0, 0.05) is 23.9 Å². The number of carboxylic acid groups (broad SMARTS) is 1. The number of carbonyl (C=O) groups excluding carboxylic acids is 1. The van der Waals surface area contributed by atoms with Crippen molar-refractivity contribution in [2.45, 2.75) is 19.4 Å². The van der Waals surface area contributed by atoms with E-state index in [1.165, 1.54) is 12.1 Å². The van der Waals surface area contributed by atoms with Crippen LogP contribution in [0, 0.1) is 10.1 Å². The number of nitrogens with two attached hydrogens (primary N) is 1. The number of carboxylic acids is 1. The van der Waals surface area contributed by atoms with E-state index in [1.807, 2.05) is 0 Å². The van der Waals surface area contributed by atoms with Crippen LogP contribution in [0.5, 0.6) is 0 Å². The number of primary amides is 1. The predicted molar refractivity (Wildman–Crippen MR) is 67.0 cm³/mol. The zero-order chi connectivity index (χ0) is 14.6. The van der Waals surface area contributed by atoms with E-state index >= 15 is 0 Å². The second kappa shape index (κ2) is 5.80. The monoisotopic (exact) mass is 267 g/mol. The van der Waals surface area contributed by atoms with Gasteiger partial charge in [0.2, 0.25) is 0 Å². The number of benzene rings is 1. The van der Waals surface area contributed by atoms with E-state index in [4.69, 9.17) is 10.8 Å². The number of nitrogens with one attached hydrogen (secondary N) is 1. The van der Waals surface area contributed by atoms with Gasteiger partial charge in [0.15, 0.2) is 0 Å². The van der Waals surface area contributed by atoms with Crippen molar-refractivity contribution in [2.24, 2.45) is 5.73 Å². The molecule has 0 aliphatic heterocycles. The molecule has 0 radical (unpaired) electrons. The van der Waals surface area contributed by atoms with Gasteiger partial charge in [-0.1, -0.05) is 0 Å². The third-order valence-corrected chi connectivity index (χ3v) is 2.36. The van der Waals surface area contributed by atoms with Crippen LogP contribution in [0.4, 0.5) is 11.4 Å². The Labute approximate surface area is 108 Å². The molecule has 1 aromatic carbocycles. The van der Waals surface area contributed by atoms with Crippen LogP contribution in [0.25, 0.3) is 0 Å². The lowest BCUT2D eigenvalue weighted by Crippen LogP contribution is -2.22. The maximum absolute atomic E-state index is 11.2. The lowest BCUT2D eigenvalue weighted by Gasteiger charge is -2.15. The number of carbonyl (C=O) groups is 2. The number of anilines is 1. The van der Waals surface area contributed by atoms with Crippen LogP contribution in [-0.4, -0.2) is 27.9 Å². The van der Waals surface area contributed by atoms with Crippen LogP contribution in [0.1, 0.15) is 23.7 Å². The Morgan fingerprint density at radius 3 is 2.63 bits per heavy atom. The quantitative estimate of drug-likeness (QED) is 0.519. The van der Waals surface area contributed by atoms with Gasteiger partial charge in [-0.3, -0.25) is 19.7 Å². The number of amides is 1. The first-order chi connectivity index (χ1) is 8.81. The van der Waals surface area contributed by atoms with Gasteiger partial charge in [-0.2, -0.15) is 0 Å². The Hall–Kier alpha value is -2.64. The lowest BCUT2D eigenvalue weighted by molar-refractivity contribution is -0.384. The molecule has 0 spiro atoms. The molecule has 0 bridgehead atoms. The summed E-state index contributed by atoms with van der Waals surface area (Å²) < 4.78 is 0. The Kier molecular flexibility index (Phi) is 4.41. The van der Waals surface area contributed by atoms with Crippen LogP contribution in [0.15, 0.2) is 18.2 Å². The van der Waals surface area contributed by atoms with E-state index in [-0.39, 0.29) is 23.4 Å². The summed E-state index contributed by atoms with van der Waals surface area (Å²) in [6, 6.07) is 3.15. The molecule has 0 saturated heterocycles. The molecule has 8 nitrogen and oxygen atoms in total. The van der Waals surface area contributed by atoms with Crippen molar-refractivity contribution in [3.63, 3.8) is 0 Å². The molecule has 0 aromatic heterocycles. The average Bonchev–Trinajstić information content (AvgIpc) is 2.27. The van der Waals surface area contributed by atoms with E-state index in [1.54, 1.807) is 6.92 Å². The zero-order valence-corrected chi connectivity index (χ0v) is 10.1. The van der Waals surface area contributed by atoms with Gasteiger partial charge in [0.25, 0.3) is 11.6 Å². The van der Waals surface area contributed by atoms with Crippen molar-refractivity contribution in [2.75, 3.05) is 5.32 Å². The molecule has 4 N–H and O–H groups in total. The molecular weight excluding hydrogens is 254 g/mol. The van der Waals surface area contributed by atoms with Crippen LogP contribution in [0.2, 0.25) is 0 Å². The van der Waals surface area contributed by atoms with Crippen molar-refractivity contribution >= 4 is 23.3 Å². The number of aliphatic carboxylic acids is 1. The lowest BCUT2D eigenvalue weighted by atomic mass is 10.1. The topological polar surface area (TPSA) is 136 Å². The van der Waals surface area contributed by atoms with E-state index in [9.17, 15) is 19.7 Å². The van der Waals surface area contributed by atoms with E-state index in [0.29, 0.717) is 0 Å². The normalized spacial score (nSPS) is 11.6. The third-order valence-electron chi connectivity index (χ3n) is 2.36. The standard InChI is InChI=1S/C11H13N3O5/c1-6(4-10(15)16)13-9-3-2-7(14(18)19)5-8(9)11(12)17/h2-3,5-6,13H,4H2,1H3,(H2,12,17)(H,15,16). The third kappa shape index (κ3) is 3.95. The van der Waals surface area contributed by atoms with Crippen LogP contribution in [-0.2, 0) is 4.79 Å². The molecule has 0 fully saturated rings. The molecule has 0 aliphatic rings. The van der Waals surface area contributed by atoms with Gasteiger partial charge in [-0.25, -0.2) is 0 Å². The predicted octanol–water partition coefficient (Wildman–Crippen LogP) is 0.969. The first-order valence-corrected chi connectivity index (χ1v) is 5.38. The molecule has 8 heteroatoms. The highest BCUT2D eigenvalue weighted by Crippen LogP contribution is 2.22. The molecule has 19 heavy (non-hydrogen) atoms. The van der Waals surface area contributed by atoms with Gasteiger partial charge in [0.1, 0.15) is 0 Å². The van der Waals surface area contributed by atoms with Crippen LogP contribution >= 0.6 is 0 Å². The number of hydrogen-bond donors (Lipinski definition) is 3. The van der Waals surface area contributed by atoms with Crippen molar-refractivity contribution in [3.8, 4) is 0 Å². The van der Waals surface area contributed by atoms with Crippen molar-refractivity contribution in [3.05, 3.63) is 33.9 Å². The number of rotatable bonds is 6. The summed E-state index contributed by atoms with van der Waals surface area (Å²) in [4.78, 5) is 31.8. The molecule has 0 saturated carbocycles. The number of hydrogen-bond acceptors (Lipinski definition) is 5. The second-order valence-electron chi connectivity index (χ2n) is 3.99. The highest BCUT2D eigenvalue weighted by Gasteiger charge is 2.16. The maximum Gasteiger partial charge on any atom is 0.305 e. The first-order valence-electron chi connectivity index (χ1n) is 5.38. The van der Waals surface area contributed by atoms with Gasteiger partial charge < -0.3 is 16.2 Å². The van der Waals surface area contributed by atoms with Crippen molar-refractivity contribution < 1.29 is 19.6 Å². The second-order valence-corrected chi connectivity index (χ2v) is 3.99. The largest absolute Gasteiger partial charge is 0.481 e. The highest BCUT2D eigenvalue weighted by atomic mass is 16.6. The summed E-state index contributed by atoms with van der Waals surface area (Å²) in [6.45, 7) is 1.61. The Morgan fingerprint density at radius 2 is 2.16 bits per heavy atom. The van der Waals surface area contributed by atoms with Gasteiger partial charge in [0.05, 0.1) is 16.9 Å². The molecule has 102 valence electrons. The molecule has 0 heterocycles. The fraction of sp³-hybridized carbons (Fsp3) is 0.273. The summed E-state index contributed by atoms with van der Waals surface area (Å²) >= 11 is 0. The number of nitrogens with zero attached hydrogens (tertiary/aromatic N) is 1. The Morgan fingerprint density at radius 1 is 1.53 bits per heavy atom. The summed E-state index contributed by atoms with van der Waals surface area (Å²) in [5, 5.41) is 22.0. The van der Waals surface area contributed by atoms with Crippen LogP contribution in [0.3, 0.4) is 0 Å². The summed E-state index contributed by atoms with van der Waals surface area (Å²) in [5.74, 6) is -1.82. The van der Waals surface area contributed by atoms with Gasteiger partial charge in [-0.15, -0.1) is 0 Å². The summed E-state index contributed by atoms with van der Waals surface area (Å²) in [6.07, 6.45) is -0.158. The van der Waals surface area contributed by atoms with Crippen molar-refractivity contribution in [1.29, 1.82) is 0 Å². The first kappa shape index (κ1) is 14.4. The fourth-order valence-corrected chi connectivity index (χ4v) is 1.55. The molecule has 1 aromatic rings. The van der Waals surface area contributed by atoms with Crippen LogP contribution < -0.4 is 11.1 Å². The summed E-state index contributed by atoms with van der Waals surface area (Å²) in [7, 11) is 0. The Bertz CT molecular complexity index is 529. The molecule has 1 unspecified atom stereocenters. The van der Waals surface area contributed by atoms with E-state index < -0.39 is 22.8 Å². The SMILES string of the molecule is CC(CC(=O)O)Nc1ccc([N+](=O)[O-])cc1C(N)=O. The maximum atomic E-state index is 11.2. The minimum absolute atomic E-state index is 0.0496. The van der Waals surface area contributed by atoms with E-state index in [0.717, 1.165) is 6.07 Å². The summed E-state index contributed by atoms with van der Waals surface area (Å²) in [5.41, 5.74) is 5.10. The molecule has 1 atom stereocenters. The molecule has 0 aliphatic carbocycles. The molecular formula is C11H13N3O5. The minimum Gasteiger partial charge on any atom is -0.481 e. The highest BCUT2D eigenvalue weighted by molar-refractivity contribution is 5.99. The zero-order valence-electron chi connectivity index (χ0n) is 10.1. The smallest absolute Gasteiger partial charge is 0.305 e. The van der Waals surface area contributed by atoms with Gasteiger partial charge in [-0.05, 0) is 13.0 Å². The fourth-order valence-electron chi connectivity index (χ4n) is 1.55. The molecule has 1 rings (SSSR count). The van der Waals surface area contributed by atoms with Crippen molar-refractivity contribution in [1.82, 2.24) is 0 Å². The number of nitro groups is 1. The number of nitro benzene ring substituents is 1. The molecule has 1 amide bonds. The minimum atomic E-state index is -0.998. The number of non-ortho nitro benzene ring substituents is 1. The van der Waals surface area contributed by atoms with Gasteiger partial charge >= 0.3 is 5.97 Å².